The summed E-state index contributed by atoms with van der Waals surface area (Å²) in [6.07, 6.45) is 10.3. The second-order valence-corrected chi connectivity index (χ2v) is 4.47. The highest BCUT2D eigenvalue weighted by Crippen LogP contribution is 2.52. The molecule has 1 saturated heterocycles. The van der Waals surface area contributed by atoms with Crippen LogP contribution in [-0.4, -0.2) is 23.3 Å². The largest absolute Gasteiger partial charge is 0.274 e. The van der Waals surface area contributed by atoms with E-state index in [9.17, 15) is 9.59 Å². The third kappa shape index (κ3) is 0.918. The van der Waals surface area contributed by atoms with E-state index in [1.54, 1.807) is 0 Å². The number of likely N-dealkylation sites (tertiary alicyclic amines) is 1. The van der Waals surface area contributed by atoms with Crippen LogP contribution in [0.25, 0.3) is 0 Å². The summed E-state index contributed by atoms with van der Waals surface area (Å²) in [6, 6.07) is 0. The third-order valence-corrected chi connectivity index (χ3v) is 3.81. The van der Waals surface area contributed by atoms with E-state index in [1.807, 2.05) is 0 Å². The maximum absolute atomic E-state index is 12.0. The second-order valence-electron chi connectivity index (χ2n) is 4.47. The molecule has 1 saturated carbocycles. The van der Waals surface area contributed by atoms with Crippen molar-refractivity contribution in [3.05, 3.63) is 12.2 Å². The van der Waals surface area contributed by atoms with Crippen LogP contribution in [0.1, 0.15) is 6.42 Å². The van der Waals surface area contributed by atoms with Crippen molar-refractivity contribution in [1.29, 1.82) is 0 Å². The molecular formula is C12H11NO2. The lowest BCUT2D eigenvalue weighted by Crippen LogP contribution is -2.33. The minimum Gasteiger partial charge on any atom is -0.274 e. The van der Waals surface area contributed by atoms with Crippen molar-refractivity contribution in [1.82, 2.24) is 4.90 Å². The molecule has 3 rings (SSSR count). The van der Waals surface area contributed by atoms with E-state index >= 15 is 0 Å². The van der Waals surface area contributed by atoms with E-state index in [1.165, 1.54) is 4.90 Å². The molecule has 1 heterocycles. The van der Waals surface area contributed by atoms with Crippen LogP contribution in [0.15, 0.2) is 12.2 Å². The summed E-state index contributed by atoms with van der Waals surface area (Å²) >= 11 is 0. The molecular weight excluding hydrogens is 190 g/mol. The Hall–Kier alpha value is -1.56. The topological polar surface area (TPSA) is 37.4 Å². The molecule has 0 aromatic carbocycles. The zero-order valence-corrected chi connectivity index (χ0v) is 8.22. The van der Waals surface area contributed by atoms with Gasteiger partial charge in [-0.15, -0.1) is 6.42 Å². The van der Waals surface area contributed by atoms with Gasteiger partial charge in [-0.3, -0.25) is 14.5 Å². The van der Waals surface area contributed by atoms with E-state index < -0.39 is 0 Å². The monoisotopic (exact) mass is 201 g/mol. The van der Waals surface area contributed by atoms with Crippen LogP contribution >= 0.6 is 0 Å². The number of hydrogen-bond donors (Lipinski definition) is 0. The zero-order chi connectivity index (χ0) is 10.6. The van der Waals surface area contributed by atoms with E-state index in [4.69, 9.17) is 6.42 Å². The summed E-state index contributed by atoms with van der Waals surface area (Å²) in [4.78, 5) is 25.2. The first-order chi connectivity index (χ1) is 7.24. The molecule has 76 valence electrons. The summed E-state index contributed by atoms with van der Waals surface area (Å²) in [6.45, 7) is 0.129. The fraction of sp³-hybridized carbons (Fsp3) is 0.500. The minimum atomic E-state index is -0.110. The molecule has 4 unspecified atom stereocenters. The van der Waals surface area contributed by atoms with Crippen molar-refractivity contribution in [2.75, 3.05) is 6.54 Å². The molecule has 1 aliphatic heterocycles. The number of hydrogen-bond acceptors (Lipinski definition) is 2. The van der Waals surface area contributed by atoms with Crippen molar-refractivity contribution in [3.63, 3.8) is 0 Å². The van der Waals surface area contributed by atoms with Gasteiger partial charge in [0.15, 0.2) is 0 Å². The molecule has 0 aromatic rings. The van der Waals surface area contributed by atoms with Gasteiger partial charge in [0, 0.05) is 0 Å². The molecule has 3 heteroatoms. The van der Waals surface area contributed by atoms with Crippen molar-refractivity contribution < 1.29 is 9.59 Å². The number of carbonyl (C=O) groups excluding carboxylic acids is 2. The van der Waals surface area contributed by atoms with Gasteiger partial charge in [-0.1, -0.05) is 18.1 Å². The molecule has 3 nitrogen and oxygen atoms in total. The normalized spacial score (nSPS) is 41.1. The van der Waals surface area contributed by atoms with Gasteiger partial charge in [-0.2, -0.15) is 0 Å². The molecule has 0 aromatic heterocycles. The standard InChI is InChI=1S/C12H11NO2/c1-2-5-13-11(14)9-7-3-4-8(6-7)10(9)12(13)15/h1,3-4,7-10H,5-6H2. The molecule has 4 atom stereocenters. The van der Waals surface area contributed by atoms with Gasteiger partial charge in [-0.25, -0.2) is 0 Å². The SMILES string of the molecule is C#CCN1C(=O)C2C3C=CC(C3)C2C1=O. The fourth-order valence-corrected chi connectivity index (χ4v) is 3.21. The molecule has 0 N–H and O–H groups in total. The van der Waals surface area contributed by atoms with E-state index in [2.05, 4.69) is 18.1 Å². The zero-order valence-electron chi connectivity index (χ0n) is 8.22. The highest BCUT2D eigenvalue weighted by atomic mass is 16.2. The Bertz CT molecular complexity index is 388. The van der Waals surface area contributed by atoms with Crippen LogP contribution in [-0.2, 0) is 9.59 Å². The van der Waals surface area contributed by atoms with Crippen molar-refractivity contribution in [2.45, 2.75) is 6.42 Å². The predicted octanol–water partition coefficient (Wildman–Crippen LogP) is 0.427. The lowest BCUT2D eigenvalue weighted by Gasteiger charge is -2.14. The maximum atomic E-state index is 12.0. The Morgan fingerprint density at radius 2 is 1.80 bits per heavy atom. The number of amides is 2. The first-order valence-corrected chi connectivity index (χ1v) is 5.21. The van der Waals surface area contributed by atoms with Crippen molar-refractivity contribution in [3.8, 4) is 12.3 Å². The number of imide groups is 1. The van der Waals surface area contributed by atoms with E-state index in [0.29, 0.717) is 0 Å². The van der Waals surface area contributed by atoms with Crippen molar-refractivity contribution >= 4 is 11.8 Å². The summed E-state index contributed by atoms with van der Waals surface area (Å²) in [5.41, 5.74) is 0. The van der Waals surface area contributed by atoms with Gasteiger partial charge in [0.05, 0.1) is 18.4 Å². The second kappa shape index (κ2) is 2.73. The molecule has 15 heavy (non-hydrogen) atoms. The Kier molecular flexibility index (Phi) is 1.59. The lowest BCUT2D eigenvalue weighted by atomic mass is 9.85. The Labute approximate surface area is 88.1 Å². The molecule has 0 spiro atoms. The van der Waals surface area contributed by atoms with Crippen LogP contribution < -0.4 is 0 Å². The summed E-state index contributed by atoms with van der Waals surface area (Å²) in [7, 11) is 0. The number of fused-ring (bicyclic) bond motifs is 5. The predicted molar refractivity (Wildman–Crippen MR) is 53.3 cm³/mol. The average molecular weight is 201 g/mol. The van der Waals surface area contributed by atoms with Crippen LogP contribution in [0.5, 0.6) is 0 Å². The highest BCUT2D eigenvalue weighted by molar-refractivity contribution is 6.06. The van der Waals surface area contributed by atoms with Gasteiger partial charge in [-0.05, 0) is 18.3 Å². The van der Waals surface area contributed by atoms with Crippen LogP contribution in [0, 0.1) is 36.0 Å². The van der Waals surface area contributed by atoms with Gasteiger partial charge < -0.3 is 0 Å². The van der Waals surface area contributed by atoms with E-state index in [0.717, 1.165) is 6.42 Å². The summed E-state index contributed by atoms with van der Waals surface area (Å²) in [5, 5.41) is 0. The molecule has 2 amide bonds. The minimum absolute atomic E-state index is 0.0557. The first kappa shape index (κ1) is 8.72. The molecule has 0 radical (unpaired) electrons. The third-order valence-electron chi connectivity index (χ3n) is 3.81. The Balaban J connectivity index is 1.97. The maximum Gasteiger partial charge on any atom is 0.234 e. The molecule has 2 fully saturated rings. The number of terminal acetylenes is 1. The quantitative estimate of drug-likeness (QED) is 0.350. The number of carbonyl (C=O) groups is 2. The molecule has 3 aliphatic rings. The van der Waals surface area contributed by atoms with Gasteiger partial charge >= 0.3 is 0 Å². The van der Waals surface area contributed by atoms with Crippen LogP contribution in [0.4, 0.5) is 0 Å². The highest BCUT2D eigenvalue weighted by Gasteiger charge is 2.58. The lowest BCUT2D eigenvalue weighted by molar-refractivity contribution is -0.139. The van der Waals surface area contributed by atoms with E-state index in [-0.39, 0.29) is 42.0 Å². The smallest absolute Gasteiger partial charge is 0.234 e. The fourth-order valence-electron chi connectivity index (χ4n) is 3.21. The van der Waals surface area contributed by atoms with Gasteiger partial charge in [0.25, 0.3) is 0 Å². The number of nitrogens with zero attached hydrogens (tertiary/aromatic N) is 1. The van der Waals surface area contributed by atoms with Gasteiger partial charge in [0.1, 0.15) is 0 Å². The van der Waals surface area contributed by atoms with Crippen LogP contribution in [0.3, 0.4) is 0 Å². The van der Waals surface area contributed by atoms with Crippen molar-refractivity contribution in [2.24, 2.45) is 23.7 Å². The summed E-state index contributed by atoms with van der Waals surface area (Å²) in [5.74, 6) is 2.60. The summed E-state index contributed by atoms with van der Waals surface area (Å²) < 4.78 is 0. The Morgan fingerprint density at radius 3 is 2.27 bits per heavy atom. The first-order valence-electron chi connectivity index (χ1n) is 5.21. The molecule has 2 bridgehead atoms. The Morgan fingerprint density at radius 1 is 1.27 bits per heavy atom. The number of allylic oxidation sites excluding steroid dienone is 2. The van der Waals surface area contributed by atoms with Crippen LogP contribution in [0.2, 0.25) is 0 Å². The average Bonchev–Trinajstić information content (AvgIpc) is 2.87. The molecule has 2 aliphatic carbocycles. The number of rotatable bonds is 1. The van der Waals surface area contributed by atoms with Gasteiger partial charge in [0.2, 0.25) is 11.8 Å².